The van der Waals surface area contributed by atoms with Crippen molar-refractivity contribution < 1.29 is 38.7 Å². The first-order valence-corrected chi connectivity index (χ1v) is 35.4. The van der Waals surface area contributed by atoms with Crippen molar-refractivity contribution in [2.45, 2.75) is 279 Å². The third-order valence-electron chi connectivity index (χ3n) is 17.3. The second kappa shape index (κ2) is 38.2. The first-order valence-electron chi connectivity index (χ1n) is 33.1. The summed E-state index contributed by atoms with van der Waals surface area (Å²) in [4.78, 5) is 27.2. The molecule has 0 heterocycles. The number of carbonyl (C=O) groups is 2. The van der Waals surface area contributed by atoms with Gasteiger partial charge in [0.2, 0.25) is 0 Å². The first kappa shape index (κ1) is 73.2. The van der Waals surface area contributed by atoms with Gasteiger partial charge in [-0.25, -0.2) is 0 Å². The van der Waals surface area contributed by atoms with Gasteiger partial charge in [-0.3, -0.25) is 9.59 Å². The Morgan fingerprint density at radius 3 is 1.06 bits per heavy atom. The molecule has 4 rings (SSSR count). The summed E-state index contributed by atoms with van der Waals surface area (Å²) in [6.07, 6.45) is 26.9. The van der Waals surface area contributed by atoms with Gasteiger partial charge >= 0.3 is 11.9 Å². The van der Waals surface area contributed by atoms with Crippen molar-refractivity contribution in [2.75, 3.05) is 36.2 Å². The lowest BCUT2D eigenvalue weighted by Crippen LogP contribution is -2.28. The molecule has 0 aliphatic rings. The minimum Gasteiger partial charge on any atom is -0.507 e. The van der Waals surface area contributed by atoms with Gasteiger partial charge in [0.15, 0.2) is 0 Å². The third kappa shape index (κ3) is 26.1. The van der Waals surface area contributed by atoms with E-state index in [-0.39, 0.29) is 54.2 Å². The van der Waals surface area contributed by atoms with Crippen LogP contribution in [0.25, 0.3) is 0 Å². The summed E-state index contributed by atoms with van der Waals surface area (Å²) in [7, 11) is 0. The number of hydrogen-bond acceptors (Lipinski definition) is 10. The topological polar surface area (TPSA) is 112 Å². The molecular weight excluding hydrogens is 1090 g/mol. The molecule has 10 heteroatoms. The van der Waals surface area contributed by atoms with Gasteiger partial charge in [-0.05, 0) is 156 Å². The number of ether oxygens (including phenoxy) is 4. The highest BCUT2D eigenvalue weighted by atomic mass is 32.2. The van der Waals surface area contributed by atoms with Crippen molar-refractivity contribution in [1.29, 1.82) is 0 Å². The molecule has 476 valence electrons. The Bertz CT molecular complexity index is 2380. The van der Waals surface area contributed by atoms with Crippen LogP contribution in [0.2, 0.25) is 0 Å². The maximum absolute atomic E-state index is 13.6. The Kier molecular flexibility index (Phi) is 32.9. The van der Waals surface area contributed by atoms with Crippen LogP contribution in [-0.4, -0.2) is 70.6 Å². The fourth-order valence-corrected chi connectivity index (χ4v) is 13.1. The summed E-state index contributed by atoms with van der Waals surface area (Å²) in [5.74, 6) is 5.06. The van der Waals surface area contributed by atoms with E-state index in [0.29, 0.717) is 35.8 Å². The van der Waals surface area contributed by atoms with Crippen LogP contribution in [0, 0.1) is 27.7 Å². The van der Waals surface area contributed by atoms with E-state index in [1.807, 2.05) is 75.5 Å². The lowest BCUT2D eigenvalue weighted by atomic mass is 9.78. The second-order valence-corrected chi connectivity index (χ2v) is 29.2. The number of benzene rings is 4. The number of phenolic OH excluding ortho intramolecular Hbond substituents is 2. The van der Waals surface area contributed by atoms with Crippen molar-refractivity contribution >= 4 is 35.5 Å². The highest BCUT2D eigenvalue weighted by molar-refractivity contribution is 7.99. The van der Waals surface area contributed by atoms with Crippen molar-refractivity contribution in [3.63, 3.8) is 0 Å². The van der Waals surface area contributed by atoms with E-state index < -0.39 is 12.2 Å². The molecule has 0 bridgehead atoms. The van der Waals surface area contributed by atoms with E-state index in [1.165, 1.54) is 116 Å². The molecule has 4 aromatic rings. The molecule has 8 nitrogen and oxygen atoms in total. The van der Waals surface area contributed by atoms with Crippen LogP contribution >= 0.6 is 23.5 Å². The van der Waals surface area contributed by atoms with Crippen molar-refractivity contribution in [2.24, 2.45) is 0 Å². The molecule has 2 unspecified atom stereocenters. The van der Waals surface area contributed by atoms with E-state index in [9.17, 15) is 19.8 Å². The average Bonchev–Trinajstić information content (AvgIpc) is 3.12. The summed E-state index contributed by atoms with van der Waals surface area (Å²) < 4.78 is 25.2. The Morgan fingerprint density at radius 2 is 0.753 bits per heavy atom. The van der Waals surface area contributed by atoms with Gasteiger partial charge < -0.3 is 29.2 Å². The highest BCUT2D eigenvalue weighted by Crippen LogP contribution is 2.39. The Labute approximate surface area is 526 Å². The van der Waals surface area contributed by atoms with E-state index in [1.54, 1.807) is 0 Å². The number of aryl methyl sites for hydroxylation is 2. The molecule has 4 aromatic carbocycles. The lowest BCUT2D eigenvalue weighted by Gasteiger charge is -2.27. The van der Waals surface area contributed by atoms with Crippen LogP contribution in [0.3, 0.4) is 0 Å². The average molecular weight is 1210 g/mol. The van der Waals surface area contributed by atoms with Crippen molar-refractivity contribution in [3.8, 4) is 23.0 Å². The number of unbranched alkanes of at least 4 members (excludes halogenated alkanes) is 18. The Balaban J connectivity index is 1.36. The number of phenols is 2. The van der Waals surface area contributed by atoms with Crippen LogP contribution in [0.15, 0.2) is 60.7 Å². The molecule has 2 N–H and O–H groups in total. The predicted molar refractivity (Wildman–Crippen MR) is 363 cm³/mol. The smallest absolute Gasteiger partial charge is 0.306 e. The number of carbonyl (C=O) groups excluding carboxylic acids is 2. The first-order chi connectivity index (χ1) is 40.5. The molecule has 2 atom stereocenters. The van der Waals surface area contributed by atoms with Gasteiger partial charge in [0.25, 0.3) is 0 Å². The van der Waals surface area contributed by atoms with Crippen molar-refractivity contribution in [3.05, 3.63) is 116 Å². The van der Waals surface area contributed by atoms with Gasteiger partial charge in [-0.2, -0.15) is 23.5 Å². The molecule has 0 radical (unpaired) electrons. The Morgan fingerprint density at radius 1 is 0.447 bits per heavy atom. The number of thioether (sulfide) groups is 2. The third-order valence-corrected chi connectivity index (χ3v) is 19.6. The van der Waals surface area contributed by atoms with E-state index in [2.05, 4.69) is 106 Å². The standard InChI is InChI=1S/C75H116O8S2/c1-15-17-19-21-23-25-27-29-31-33-47-84-53-65(82-69(76)45-35-59-49-67(73(7,8)9)71(78)57(5)55(59)3)51-80-63-41-37-61(38-42-63)75(13,14)62-39-43-64(44-40-62)81-52-66(54-85-48-34-32-30-28-26-24-22-20-18-16-2)83-70(77)46-36-60-50-68(74(10,11)12)72(79)58(6)56(60)4/h37-44,49-50,65-66,78-79H,15-36,45-48,51-54H2,1-14H3. The van der Waals surface area contributed by atoms with Crippen LogP contribution < -0.4 is 9.47 Å². The summed E-state index contributed by atoms with van der Waals surface area (Å²) in [5, 5.41) is 21.9. The largest absolute Gasteiger partial charge is 0.507 e. The van der Waals surface area contributed by atoms with Gasteiger partial charge in [0.05, 0.1) is 0 Å². The number of hydrogen-bond donors (Lipinski definition) is 2. The van der Waals surface area contributed by atoms with E-state index in [4.69, 9.17) is 18.9 Å². The summed E-state index contributed by atoms with van der Waals surface area (Å²) in [6.45, 7) is 30.1. The SMILES string of the molecule is CCCCCCCCCCCCSCC(COc1ccc(C(C)(C)c2ccc(OCC(CSCCCCCCCCCCCC)OC(=O)CCc3cc(C(C)(C)C)c(O)c(C)c3C)cc2)cc1)OC(=O)CCc1cc(C(C)(C)C)c(O)c(C)c1C. The highest BCUT2D eigenvalue weighted by Gasteiger charge is 2.27. The van der Waals surface area contributed by atoms with Crippen LogP contribution in [0.5, 0.6) is 23.0 Å². The fourth-order valence-electron chi connectivity index (χ4n) is 11.1. The van der Waals surface area contributed by atoms with Gasteiger partial charge in [-0.15, -0.1) is 0 Å². The molecule has 0 amide bonds. The number of rotatable bonds is 42. The summed E-state index contributed by atoms with van der Waals surface area (Å²) >= 11 is 3.68. The van der Waals surface area contributed by atoms with E-state index in [0.717, 1.165) is 91.5 Å². The fraction of sp³-hybridized carbons (Fsp3) is 0.653. The molecule has 0 saturated carbocycles. The zero-order valence-electron chi connectivity index (χ0n) is 55.8. The zero-order chi connectivity index (χ0) is 62.4. The Hall–Kier alpha value is -4.28. The summed E-state index contributed by atoms with van der Waals surface area (Å²) in [6, 6.07) is 20.7. The van der Waals surface area contributed by atoms with E-state index >= 15 is 0 Å². The molecule has 0 aliphatic carbocycles. The predicted octanol–water partition coefficient (Wildman–Crippen LogP) is 20.4. The number of esters is 2. The zero-order valence-corrected chi connectivity index (χ0v) is 57.4. The van der Waals surface area contributed by atoms with Gasteiger partial charge in [-0.1, -0.05) is 221 Å². The minimum absolute atomic E-state index is 0.229. The quantitative estimate of drug-likeness (QED) is 0.0329. The molecule has 0 spiro atoms. The van der Waals surface area contributed by atoms with Crippen LogP contribution in [-0.2, 0) is 48.1 Å². The molecule has 0 aromatic heterocycles. The molecular formula is C75H116O8S2. The molecule has 85 heavy (non-hydrogen) atoms. The number of aromatic hydroxyl groups is 2. The van der Waals surface area contributed by atoms with Gasteiger partial charge in [0, 0.05) is 29.8 Å². The maximum atomic E-state index is 13.6. The minimum atomic E-state index is -0.395. The summed E-state index contributed by atoms with van der Waals surface area (Å²) in [5.41, 5.74) is 9.17. The molecule has 0 fully saturated rings. The second-order valence-electron chi connectivity index (χ2n) is 26.9. The van der Waals surface area contributed by atoms with Crippen LogP contribution in [0.1, 0.15) is 266 Å². The molecule has 0 aliphatic heterocycles. The van der Waals surface area contributed by atoms with Gasteiger partial charge in [0.1, 0.15) is 48.4 Å². The van der Waals surface area contributed by atoms with Crippen molar-refractivity contribution in [1.82, 2.24) is 0 Å². The molecule has 0 saturated heterocycles. The lowest BCUT2D eigenvalue weighted by molar-refractivity contribution is -0.150. The normalized spacial score (nSPS) is 12.8. The maximum Gasteiger partial charge on any atom is 0.306 e. The van der Waals surface area contributed by atoms with Crippen LogP contribution in [0.4, 0.5) is 0 Å². The monoisotopic (exact) mass is 1210 g/mol.